The van der Waals surface area contributed by atoms with Gasteiger partial charge >= 0.3 is 0 Å². The number of hydrogen-bond donors (Lipinski definition) is 0. The van der Waals surface area contributed by atoms with Gasteiger partial charge in [-0.25, -0.2) is 9.97 Å². The molecule has 0 aromatic carbocycles. The summed E-state index contributed by atoms with van der Waals surface area (Å²) in [4.78, 5) is 20.0. The van der Waals surface area contributed by atoms with E-state index in [0.717, 1.165) is 17.5 Å². The Bertz CT molecular complexity index is 592. The van der Waals surface area contributed by atoms with Gasteiger partial charge in [-0.3, -0.25) is 4.79 Å². The van der Waals surface area contributed by atoms with Crippen LogP contribution in [0.2, 0.25) is 5.15 Å². The first-order chi connectivity index (χ1) is 7.63. The third kappa shape index (κ3) is 1.80. The van der Waals surface area contributed by atoms with E-state index < -0.39 is 0 Å². The molecule has 0 saturated carbocycles. The van der Waals surface area contributed by atoms with Gasteiger partial charge in [0.1, 0.15) is 0 Å². The smallest absolute Gasteiger partial charge is 0.288 e. The van der Waals surface area contributed by atoms with Gasteiger partial charge in [-0.2, -0.15) is 0 Å². The Morgan fingerprint density at radius 1 is 1.50 bits per heavy atom. The van der Waals surface area contributed by atoms with Crippen molar-refractivity contribution in [2.24, 2.45) is 0 Å². The summed E-state index contributed by atoms with van der Waals surface area (Å²) >= 11 is 5.78. The highest BCUT2D eigenvalue weighted by molar-refractivity contribution is 6.29. The molecule has 0 fully saturated rings. The van der Waals surface area contributed by atoms with E-state index in [1.54, 1.807) is 10.8 Å². The van der Waals surface area contributed by atoms with Crippen LogP contribution in [0.4, 0.5) is 0 Å². The predicted octanol–water partition coefficient (Wildman–Crippen LogP) is 2.16. The number of aromatic nitrogens is 3. The van der Waals surface area contributed by atoms with Crippen LogP contribution in [0.1, 0.15) is 18.9 Å². The number of fused-ring (bicyclic) bond motifs is 1. The molecule has 5 heteroatoms. The molecule has 0 saturated heterocycles. The van der Waals surface area contributed by atoms with Crippen molar-refractivity contribution in [3.8, 4) is 0 Å². The van der Waals surface area contributed by atoms with Gasteiger partial charge in [-0.05, 0) is 25.0 Å². The Kier molecular flexibility index (Phi) is 2.92. The molecule has 0 atom stereocenters. The number of halogens is 1. The second-order valence-corrected chi connectivity index (χ2v) is 4.07. The van der Waals surface area contributed by atoms with E-state index >= 15 is 0 Å². The average Bonchev–Trinajstić information content (AvgIpc) is 2.26. The molecule has 16 heavy (non-hydrogen) atoms. The summed E-state index contributed by atoms with van der Waals surface area (Å²) in [7, 11) is 0. The first-order valence-electron chi connectivity index (χ1n) is 5.16. The fourth-order valence-corrected chi connectivity index (χ4v) is 1.82. The van der Waals surface area contributed by atoms with Crippen LogP contribution in [0.25, 0.3) is 11.2 Å². The summed E-state index contributed by atoms with van der Waals surface area (Å²) in [6.45, 7) is 4.57. The Hall–Kier alpha value is -1.42. The molecule has 2 aromatic rings. The maximum Gasteiger partial charge on any atom is 0.288 e. The van der Waals surface area contributed by atoms with Crippen molar-refractivity contribution in [2.75, 3.05) is 0 Å². The molecular weight excluding hydrogens is 226 g/mol. The lowest BCUT2D eigenvalue weighted by atomic mass is 10.3. The molecule has 0 spiro atoms. The van der Waals surface area contributed by atoms with E-state index in [2.05, 4.69) is 9.97 Å². The molecule has 2 rings (SSSR count). The summed E-state index contributed by atoms with van der Waals surface area (Å²) in [5.41, 5.74) is 2.02. The first kappa shape index (κ1) is 11.1. The lowest BCUT2D eigenvalue weighted by Gasteiger charge is -2.08. The Labute approximate surface area is 97.9 Å². The molecule has 0 aliphatic heterocycles. The first-order valence-corrected chi connectivity index (χ1v) is 5.54. The fraction of sp³-hybridized carbons (Fsp3) is 0.364. The topological polar surface area (TPSA) is 47.8 Å². The largest absolute Gasteiger partial charge is 0.303 e. The minimum absolute atomic E-state index is 0.0164. The van der Waals surface area contributed by atoms with Gasteiger partial charge in [-0.1, -0.05) is 18.5 Å². The van der Waals surface area contributed by atoms with Gasteiger partial charge in [0, 0.05) is 12.7 Å². The minimum Gasteiger partial charge on any atom is -0.303 e. The van der Waals surface area contributed by atoms with Crippen LogP contribution in [0.5, 0.6) is 0 Å². The molecule has 2 heterocycles. The van der Waals surface area contributed by atoms with E-state index in [1.165, 1.54) is 0 Å². The van der Waals surface area contributed by atoms with Crippen LogP contribution in [0.15, 0.2) is 17.1 Å². The van der Waals surface area contributed by atoms with Crippen LogP contribution in [-0.2, 0) is 6.54 Å². The van der Waals surface area contributed by atoms with Gasteiger partial charge in [-0.15, -0.1) is 0 Å². The molecule has 0 N–H and O–H groups in total. The van der Waals surface area contributed by atoms with Crippen LogP contribution < -0.4 is 5.56 Å². The van der Waals surface area contributed by atoms with Crippen molar-refractivity contribution in [3.05, 3.63) is 33.3 Å². The van der Waals surface area contributed by atoms with Gasteiger partial charge in [0.15, 0.2) is 10.8 Å². The average molecular weight is 238 g/mol. The summed E-state index contributed by atoms with van der Waals surface area (Å²) in [6, 6.07) is 1.91. The van der Waals surface area contributed by atoms with Crippen molar-refractivity contribution < 1.29 is 0 Å². The minimum atomic E-state index is -0.247. The second-order valence-electron chi connectivity index (χ2n) is 3.71. The normalized spacial score (nSPS) is 10.9. The van der Waals surface area contributed by atoms with Crippen molar-refractivity contribution in [3.63, 3.8) is 0 Å². The van der Waals surface area contributed by atoms with Crippen molar-refractivity contribution in [1.29, 1.82) is 0 Å². The predicted molar refractivity (Wildman–Crippen MR) is 63.8 cm³/mol. The molecule has 0 aliphatic rings. The monoisotopic (exact) mass is 237 g/mol. The van der Waals surface area contributed by atoms with Gasteiger partial charge in [0.05, 0.1) is 5.52 Å². The van der Waals surface area contributed by atoms with Crippen LogP contribution in [0.3, 0.4) is 0 Å². The van der Waals surface area contributed by atoms with E-state index in [-0.39, 0.29) is 10.7 Å². The lowest BCUT2D eigenvalue weighted by Crippen LogP contribution is -2.22. The number of aryl methyl sites for hydroxylation is 2. The van der Waals surface area contributed by atoms with Crippen LogP contribution in [-0.4, -0.2) is 14.5 Å². The van der Waals surface area contributed by atoms with E-state index in [0.29, 0.717) is 12.2 Å². The number of hydrogen-bond acceptors (Lipinski definition) is 3. The molecule has 84 valence electrons. The standard InChI is InChI=1S/C11H12ClN3O/c1-3-4-15-8-5-7(2)6-13-10(8)14-9(12)11(15)16/h5-6H,3-4H2,1-2H3. The molecule has 2 aromatic heterocycles. The molecular formula is C11H12ClN3O. The molecule has 0 aliphatic carbocycles. The van der Waals surface area contributed by atoms with Crippen molar-refractivity contribution >= 4 is 22.8 Å². The highest BCUT2D eigenvalue weighted by atomic mass is 35.5. The van der Waals surface area contributed by atoms with Crippen molar-refractivity contribution in [1.82, 2.24) is 14.5 Å². The highest BCUT2D eigenvalue weighted by Crippen LogP contribution is 2.12. The zero-order valence-corrected chi connectivity index (χ0v) is 9.95. The quantitative estimate of drug-likeness (QED) is 0.804. The lowest BCUT2D eigenvalue weighted by molar-refractivity contribution is 0.673. The maximum atomic E-state index is 11.8. The zero-order chi connectivity index (χ0) is 11.7. The van der Waals surface area contributed by atoms with Crippen LogP contribution in [0, 0.1) is 6.92 Å². The summed E-state index contributed by atoms with van der Waals surface area (Å²) in [6.07, 6.45) is 2.58. The molecule has 0 unspecified atom stereocenters. The molecule has 0 bridgehead atoms. The maximum absolute atomic E-state index is 11.8. The third-order valence-electron chi connectivity index (χ3n) is 2.35. The molecule has 4 nitrogen and oxygen atoms in total. The van der Waals surface area contributed by atoms with E-state index in [4.69, 9.17) is 11.6 Å². The highest BCUT2D eigenvalue weighted by Gasteiger charge is 2.09. The second kappa shape index (κ2) is 4.22. The van der Waals surface area contributed by atoms with Gasteiger partial charge in [0.25, 0.3) is 5.56 Å². The SMILES string of the molecule is CCCn1c(=O)c(Cl)nc2ncc(C)cc21. The van der Waals surface area contributed by atoms with Gasteiger partial charge in [0.2, 0.25) is 0 Å². The number of nitrogens with zero attached hydrogens (tertiary/aromatic N) is 3. The Morgan fingerprint density at radius 3 is 2.94 bits per heavy atom. The van der Waals surface area contributed by atoms with Crippen molar-refractivity contribution in [2.45, 2.75) is 26.8 Å². The number of rotatable bonds is 2. The number of pyridine rings is 1. The molecule has 0 radical (unpaired) electrons. The summed E-state index contributed by atoms with van der Waals surface area (Å²) < 4.78 is 1.63. The summed E-state index contributed by atoms with van der Waals surface area (Å²) in [5, 5.41) is -0.0164. The Morgan fingerprint density at radius 2 is 2.25 bits per heavy atom. The zero-order valence-electron chi connectivity index (χ0n) is 9.20. The van der Waals surface area contributed by atoms with E-state index in [9.17, 15) is 4.79 Å². The van der Waals surface area contributed by atoms with Crippen LogP contribution >= 0.6 is 11.6 Å². The van der Waals surface area contributed by atoms with Gasteiger partial charge < -0.3 is 4.57 Å². The third-order valence-corrected chi connectivity index (χ3v) is 2.59. The van der Waals surface area contributed by atoms with E-state index in [1.807, 2.05) is 19.9 Å². The Balaban J connectivity index is 2.85. The summed E-state index contributed by atoms with van der Waals surface area (Å²) in [5.74, 6) is 0. The molecule has 0 amide bonds. The fourth-order valence-electron chi connectivity index (χ4n) is 1.64.